The van der Waals surface area contributed by atoms with Crippen molar-refractivity contribution in [2.75, 3.05) is 25.0 Å². The van der Waals surface area contributed by atoms with E-state index in [4.69, 9.17) is 4.74 Å². The van der Waals surface area contributed by atoms with Crippen LogP contribution in [0.4, 0.5) is 10.5 Å². The number of urea groups is 1. The molecule has 1 aliphatic heterocycles. The number of hydrogen-bond acceptors (Lipinski definition) is 3. The van der Waals surface area contributed by atoms with E-state index < -0.39 is 0 Å². The lowest BCUT2D eigenvalue weighted by molar-refractivity contribution is -0.128. The molecule has 6 heteroatoms. The average molecular weight is 331 g/mol. The number of benzene rings is 1. The Balaban J connectivity index is 1.41. The molecule has 6 nitrogen and oxygen atoms in total. The summed E-state index contributed by atoms with van der Waals surface area (Å²) >= 11 is 0. The van der Waals surface area contributed by atoms with Crippen LogP contribution in [0.25, 0.3) is 0 Å². The molecule has 1 heterocycles. The molecular weight excluding hydrogens is 306 g/mol. The Morgan fingerprint density at radius 2 is 1.71 bits per heavy atom. The first-order valence-electron chi connectivity index (χ1n) is 8.80. The van der Waals surface area contributed by atoms with Crippen LogP contribution in [0.3, 0.4) is 0 Å². The Bertz CT molecular complexity index is 561. The van der Waals surface area contributed by atoms with Gasteiger partial charge in [0.25, 0.3) is 0 Å². The van der Waals surface area contributed by atoms with Gasteiger partial charge in [-0.05, 0) is 62.8 Å². The third-order valence-electron chi connectivity index (χ3n) is 4.58. The molecule has 1 saturated heterocycles. The van der Waals surface area contributed by atoms with Crippen molar-refractivity contribution >= 4 is 17.6 Å². The molecule has 0 spiro atoms. The molecule has 0 unspecified atom stereocenters. The lowest BCUT2D eigenvalue weighted by atomic mass is 10.3. The summed E-state index contributed by atoms with van der Waals surface area (Å²) in [5, 5.41) is 5.34. The highest BCUT2D eigenvalue weighted by atomic mass is 16.5. The van der Waals surface area contributed by atoms with Crippen LogP contribution in [0.2, 0.25) is 0 Å². The molecule has 24 heavy (non-hydrogen) atoms. The van der Waals surface area contributed by atoms with Gasteiger partial charge in [0.15, 0.2) is 0 Å². The van der Waals surface area contributed by atoms with E-state index in [1.165, 1.54) is 12.8 Å². The quantitative estimate of drug-likeness (QED) is 0.871. The third kappa shape index (κ3) is 4.63. The predicted octanol–water partition coefficient (Wildman–Crippen LogP) is 2.75. The number of hydrogen-bond donors (Lipinski definition) is 2. The largest absolute Gasteiger partial charge is 0.490 e. The molecule has 0 radical (unpaired) electrons. The van der Waals surface area contributed by atoms with E-state index in [2.05, 4.69) is 10.6 Å². The van der Waals surface area contributed by atoms with Gasteiger partial charge in [0, 0.05) is 18.8 Å². The maximum Gasteiger partial charge on any atom is 0.319 e. The Labute approximate surface area is 142 Å². The molecule has 1 aromatic rings. The lowest BCUT2D eigenvalue weighted by Gasteiger charge is -2.16. The van der Waals surface area contributed by atoms with Crippen molar-refractivity contribution in [3.8, 4) is 5.75 Å². The van der Waals surface area contributed by atoms with Gasteiger partial charge in [-0.1, -0.05) is 0 Å². The van der Waals surface area contributed by atoms with Crippen LogP contribution in [0.1, 0.15) is 38.5 Å². The second kappa shape index (κ2) is 8.04. The molecule has 0 atom stereocenters. The third-order valence-corrected chi connectivity index (χ3v) is 4.58. The zero-order chi connectivity index (χ0) is 16.8. The highest BCUT2D eigenvalue weighted by molar-refractivity contribution is 5.92. The van der Waals surface area contributed by atoms with E-state index in [0.717, 1.165) is 44.5 Å². The molecule has 1 aliphatic carbocycles. The van der Waals surface area contributed by atoms with Gasteiger partial charge in [0.2, 0.25) is 5.91 Å². The monoisotopic (exact) mass is 331 g/mol. The minimum atomic E-state index is -0.369. The normalized spacial score (nSPS) is 17.8. The number of anilines is 1. The minimum absolute atomic E-state index is 0.0250. The predicted molar refractivity (Wildman–Crippen MR) is 92.2 cm³/mol. The molecule has 3 amide bonds. The summed E-state index contributed by atoms with van der Waals surface area (Å²) in [5.74, 6) is 0.806. The van der Waals surface area contributed by atoms with Crippen molar-refractivity contribution in [3.63, 3.8) is 0 Å². The summed E-state index contributed by atoms with van der Waals surface area (Å²) in [4.78, 5) is 25.5. The highest BCUT2D eigenvalue weighted by Crippen LogP contribution is 2.24. The number of amides is 3. The fourth-order valence-electron chi connectivity index (χ4n) is 3.23. The van der Waals surface area contributed by atoms with Gasteiger partial charge in [-0.3, -0.25) is 4.79 Å². The maximum absolute atomic E-state index is 11.9. The summed E-state index contributed by atoms with van der Waals surface area (Å²) in [6.45, 7) is 1.63. The van der Waals surface area contributed by atoms with Gasteiger partial charge in [0.1, 0.15) is 5.75 Å². The van der Waals surface area contributed by atoms with Gasteiger partial charge >= 0.3 is 6.03 Å². The van der Waals surface area contributed by atoms with Crippen molar-refractivity contribution in [3.05, 3.63) is 24.3 Å². The van der Waals surface area contributed by atoms with Crippen molar-refractivity contribution in [2.45, 2.75) is 44.6 Å². The minimum Gasteiger partial charge on any atom is -0.490 e. The second-order valence-electron chi connectivity index (χ2n) is 6.44. The van der Waals surface area contributed by atoms with Gasteiger partial charge in [0.05, 0.1) is 12.6 Å². The Morgan fingerprint density at radius 3 is 2.38 bits per heavy atom. The SMILES string of the molecule is O=C(NCC(=O)N1CCCC1)Nc1ccc(OC2CCCC2)cc1. The topological polar surface area (TPSA) is 70.7 Å². The summed E-state index contributed by atoms with van der Waals surface area (Å²) < 4.78 is 5.89. The number of nitrogens with one attached hydrogen (secondary N) is 2. The van der Waals surface area contributed by atoms with E-state index in [9.17, 15) is 9.59 Å². The Hall–Kier alpha value is -2.24. The van der Waals surface area contributed by atoms with E-state index >= 15 is 0 Å². The molecule has 1 saturated carbocycles. The number of ether oxygens (including phenoxy) is 1. The van der Waals surface area contributed by atoms with Crippen molar-refractivity contribution in [2.24, 2.45) is 0 Å². The van der Waals surface area contributed by atoms with Gasteiger partial charge in [-0.25, -0.2) is 4.79 Å². The zero-order valence-electron chi connectivity index (χ0n) is 13.9. The first-order chi connectivity index (χ1) is 11.7. The van der Waals surface area contributed by atoms with Crippen LogP contribution in [-0.2, 0) is 4.79 Å². The molecular formula is C18H25N3O3. The lowest BCUT2D eigenvalue weighted by Crippen LogP contribution is -2.40. The van der Waals surface area contributed by atoms with Crippen LogP contribution >= 0.6 is 0 Å². The van der Waals surface area contributed by atoms with Gasteiger partial charge in [-0.2, -0.15) is 0 Å². The Morgan fingerprint density at radius 1 is 1.04 bits per heavy atom. The van der Waals surface area contributed by atoms with Crippen LogP contribution in [0.5, 0.6) is 5.75 Å². The van der Waals surface area contributed by atoms with Crippen LogP contribution in [0, 0.1) is 0 Å². The molecule has 2 aliphatic rings. The molecule has 2 N–H and O–H groups in total. The highest BCUT2D eigenvalue weighted by Gasteiger charge is 2.18. The molecule has 1 aromatic carbocycles. The van der Waals surface area contributed by atoms with Crippen LogP contribution in [0.15, 0.2) is 24.3 Å². The molecule has 2 fully saturated rings. The maximum atomic E-state index is 11.9. The summed E-state index contributed by atoms with van der Waals surface area (Å²) in [5.41, 5.74) is 0.680. The van der Waals surface area contributed by atoms with Crippen LogP contribution in [-0.4, -0.2) is 42.6 Å². The summed E-state index contributed by atoms with van der Waals surface area (Å²) in [6.07, 6.45) is 7.13. The fraction of sp³-hybridized carbons (Fsp3) is 0.556. The first kappa shape index (κ1) is 16.6. The molecule has 130 valence electrons. The number of carbonyl (C=O) groups is 2. The zero-order valence-corrected chi connectivity index (χ0v) is 13.9. The summed E-state index contributed by atoms with van der Waals surface area (Å²) in [6, 6.07) is 6.98. The van der Waals surface area contributed by atoms with Crippen LogP contribution < -0.4 is 15.4 Å². The van der Waals surface area contributed by atoms with Crippen molar-refractivity contribution in [1.82, 2.24) is 10.2 Å². The van der Waals surface area contributed by atoms with Gasteiger partial charge < -0.3 is 20.3 Å². The van der Waals surface area contributed by atoms with Crippen molar-refractivity contribution in [1.29, 1.82) is 0 Å². The smallest absolute Gasteiger partial charge is 0.319 e. The second-order valence-corrected chi connectivity index (χ2v) is 6.44. The summed E-state index contributed by atoms with van der Waals surface area (Å²) in [7, 11) is 0. The molecule has 3 rings (SSSR count). The molecule has 0 aromatic heterocycles. The number of likely N-dealkylation sites (tertiary alicyclic amines) is 1. The number of rotatable bonds is 5. The first-order valence-corrected chi connectivity index (χ1v) is 8.80. The molecule has 0 bridgehead atoms. The standard InChI is InChI=1S/C18H25N3O3/c22-17(21-11-3-4-12-21)13-19-18(23)20-14-7-9-16(10-8-14)24-15-5-1-2-6-15/h7-10,15H,1-6,11-13H2,(H2,19,20,23). The van der Waals surface area contributed by atoms with E-state index in [1.807, 2.05) is 24.3 Å². The Kier molecular flexibility index (Phi) is 5.56. The fourth-order valence-corrected chi connectivity index (χ4v) is 3.23. The van der Waals surface area contributed by atoms with E-state index in [-0.39, 0.29) is 18.5 Å². The van der Waals surface area contributed by atoms with Crippen molar-refractivity contribution < 1.29 is 14.3 Å². The number of nitrogens with zero attached hydrogens (tertiary/aromatic N) is 1. The average Bonchev–Trinajstić information content (AvgIpc) is 3.28. The van der Waals surface area contributed by atoms with Gasteiger partial charge in [-0.15, -0.1) is 0 Å². The number of carbonyl (C=O) groups excluding carboxylic acids is 2. The van der Waals surface area contributed by atoms with E-state index in [0.29, 0.717) is 11.8 Å². The van der Waals surface area contributed by atoms with E-state index in [1.54, 1.807) is 4.90 Å².